The topological polar surface area (TPSA) is 78.4 Å². The van der Waals surface area contributed by atoms with E-state index in [-0.39, 0.29) is 11.9 Å². The van der Waals surface area contributed by atoms with Crippen molar-refractivity contribution in [1.82, 2.24) is 20.2 Å². The van der Waals surface area contributed by atoms with Gasteiger partial charge in [0.25, 0.3) is 5.91 Å². The molecule has 0 bridgehead atoms. The van der Waals surface area contributed by atoms with Crippen molar-refractivity contribution < 1.29 is 9.90 Å². The average molecular weight is 368 g/mol. The van der Waals surface area contributed by atoms with Crippen LogP contribution < -0.4 is 5.32 Å². The summed E-state index contributed by atoms with van der Waals surface area (Å²) in [5.41, 5.74) is 4.40. The molecular weight excluding hydrogens is 348 g/mol. The molecule has 1 fully saturated rings. The van der Waals surface area contributed by atoms with Crippen LogP contribution in [-0.2, 0) is 6.54 Å². The summed E-state index contributed by atoms with van der Waals surface area (Å²) in [7, 11) is 0. The predicted molar refractivity (Wildman–Crippen MR) is 101 cm³/mol. The van der Waals surface area contributed by atoms with Gasteiger partial charge in [-0.25, -0.2) is 4.98 Å². The molecule has 1 aliphatic rings. The van der Waals surface area contributed by atoms with Gasteiger partial charge in [0.05, 0.1) is 27.9 Å². The third-order valence-electron chi connectivity index (χ3n) is 4.70. The summed E-state index contributed by atoms with van der Waals surface area (Å²) >= 11 is 1.51. The van der Waals surface area contributed by atoms with E-state index in [0.717, 1.165) is 35.3 Å². The Morgan fingerprint density at radius 3 is 3.12 bits per heavy atom. The van der Waals surface area contributed by atoms with Gasteiger partial charge in [0.15, 0.2) is 0 Å². The van der Waals surface area contributed by atoms with Crippen molar-refractivity contribution in [2.45, 2.75) is 25.1 Å². The first-order valence-electron chi connectivity index (χ1n) is 8.62. The van der Waals surface area contributed by atoms with Gasteiger partial charge in [-0.3, -0.25) is 14.7 Å². The highest BCUT2D eigenvalue weighted by atomic mass is 32.1. The molecule has 1 aromatic carbocycles. The fraction of sp³-hybridized carbons (Fsp3) is 0.316. The number of carbonyl (C=O) groups is 1. The first-order chi connectivity index (χ1) is 12.7. The monoisotopic (exact) mass is 368 g/mol. The Labute approximate surface area is 155 Å². The highest BCUT2D eigenvalue weighted by molar-refractivity contribution is 7.16. The summed E-state index contributed by atoms with van der Waals surface area (Å²) in [4.78, 5) is 23.1. The maximum atomic E-state index is 12.5. The Hall–Kier alpha value is -2.35. The van der Waals surface area contributed by atoms with Gasteiger partial charge in [-0.05, 0) is 36.2 Å². The molecule has 1 saturated heterocycles. The molecule has 2 atom stereocenters. The maximum absolute atomic E-state index is 12.5. The molecule has 3 aromatic rings. The maximum Gasteiger partial charge on any atom is 0.251 e. The number of aromatic nitrogens is 2. The van der Waals surface area contributed by atoms with Crippen LogP contribution in [0.5, 0.6) is 0 Å². The minimum absolute atomic E-state index is 0.148. The van der Waals surface area contributed by atoms with Crippen LogP contribution in [0.15, 0.2) is 48.2 Å². The van der Waals surface area contributed by atoms with Crippen molar-refractivity contribution in [2.75, 3.05) is 13.1 Å². The van der Waals surface area contributed by atoms with Crippen molar-refractivity contribution >= 4 is 27.5 Å². The molecule has 134 valence electrons. The summed E-state index contributed by atoms with van der Waals surface area (Å²) in [6.45, 7) is 2.12. The Balaban J connectivity index is 1.36. The van der Waals surface area contributed by atoms with Crippen LogP contribution in [0.4, 0.5) is 0 Å². The summed E-state index contributed by atoms with van der Waals surface area (Å²) in [5.74, 6) is -0.148. The van der Waals surface area contributed by atoms with Crippen LogP contribution in [0, 0.1) is 0 Å². The molecule has 4 rings (SSSR count). The fourth-order valence-corrected chi connectivity index (χ4v) is 4.02. The number of carbonyl (C=O) groups excluding carboxylic acids is 1. The zero-order valence-corrected chi connectivity index (χ0v) is 15.0. The smallest absolute Gasteiger partial charge is 0.251 e. The molecule has 3 heterocycles. The second-order valence-electron chi connectivity index (χ2n) is 6.57. The summed E-state index contributed by atoms with van der Waals surface area (Å²) in [6, 6.07) is 9.20. The SMILES string of the molecule is O=C(N[C@H]1CCN(Cc2cccnc2)C[C@@H]1O)c1ccc2ncsc2c1. The highest BCUT2D eigenvalue weighted by Crippen LogP contribution is 2.20. The zero-order valence-electron chi connectivity index (χ0n) is 14.2. The third kappa shape index (κ3) is 3.75. The predicted octanol–water partition coefficient (Wildman–Crippen LogP) is 2.06. The number of pyridine rings is 1. The third-order valence-corrected chi connectivity index (χ3v) is 5.50. The lowest BCUT2D eigenvalue weighted by Crippen LogP contribution is -2.53. The van der Waals surface area contributed by atoms with Crippen LogP contribution in [0.1, 0.15) is 22.3 Å². The number of benzene rings is 1. The van der Waals surface area contributed by atoms with Gasteiger partial charge in [-0.1, -0.05) is 6.07 Å². The van der Waals surface area contributed by atoms with Crippen LogP contribution in [0.3, 0.4) is 0 Å². The molecule has 26 heavy (non-hydrogen) atoms. The molecule has 1 amide bonds. The number of thiazole rings is 1. The number of aliphatic hydroxyl groups is 1. The number of likely N-dealkylation sites (tertiary alicyclic amines) is 1. The lowest BCUT2D eigenvalue weighted by Gasteiger charge is -2.36. The fourth-order valence-electron chi connectivity index (χ4n) is 3.31. The first-order valence-corrected chi connectivity index (χ1v) is 9.50. The van der Waals surface area contributed by atoms with E-state index in [9.17, 15) is 9.90 Å². The molecule has 0 unspecified atom stereocenters. The molecule has 7 heteroatoms. The van der Waals surface area contributed by atoms with Gasteiger partial charge in [0.1, 0.15) is 0 Å². The van der Waals surface area contributed by atoms with Crippen LogP contribution in [0.2, 0.25) is 0 Å². The van der Waals surface area contributed by atoms with E-state index in [0.29, 0.717) is 12.1 Å². The van der Waals surface area contributed by atoms with E-state index in [4.69, 9.17) is 0 Å². The average Bonchev–Trinajstić information content (AvgIpc) is 3.12. The van der Waals surface area contributed by atoms with Gasteiger partial charge in [-0.2, -0.15) is 0 Å². The minimum atomic E-state index is -0.587. The summed E-state index contributed by atoms with van der Waals surface area (Å²) in [5, 5.41) is 13.5. The summed E-state index contributed by atoms with van der Waals surface area (Å²) in [6.07, 6.45) is 3.73. The molecule has 0 spiro atoms. The lowest BCUT2D eigenvalue weighted by molar-refractivity contribution is 0.0349. The summed E-state index contributed by atoms with van der Waals surface area (Å²) < 4.78 is 0.990. The molecule has 6 nitrogen and oxygen atoms in total. The van der Waals surface area contributed by atoms with Crippen molar-refractivity contribution in [1.29, 1.82) is 0 Å². The molecular formula is C19H20N4O2S. The van der Waals surface area contributed by atoms with Gasteiger partial charge in [0.2, 0.25) is 0 Å². The Morgan fingerprint density at radius 2 is 2.31 bits per heavy atom. The number of hydrogen-bond acceptors (Lipinski definition) is 6. The Bertz CT molecular complexity index is 899. The first kappa shape index (κ1) is 17.1. The van der Waals surface area contributed by atoms with Crippen LogP contribution >= 0.6 is 11.3 Å². The number of piperidine rings is 1. The second-order valence-corrected chi connectivity index (χ2v) is 7.45. The molecule has 2 aromatic heterocycles. The second kappa shape index (κ2) is 7.49. The largest absolute Gasteiger partial charge is 0.390 e. The number of hydrogen-bond donors (Lipinski definition) is 2. The normalized spacial score (nSPS) is 21.0. The Kier molecular flexibility index (Phi) is 4.92. The van der Waals surface area contributed by atoms with Gasteiger partial charge in [0, 0.05) is 37.6 Å². The molecule has 1 aliphatic heterocycles. The highest BCUT2D eigenvalue weighted by Gasteiger charge is 2.29. The van der Waals surface area contributed by atoms with E-state index < -0.39 is 6.10 Å². The number of rotatable bonds is 4. The van der Waals surface area contributed by atoms with Crippen molar-refractivity contribution in [2.24, 2.45) is 0 Å². The van der Waals surface area contributed by atoms with E-state index in [1.54, 1.807) is 17.8 Å². The standard InChI is InChI=1S/C19H20N4O2S/c24-17-11-23(10-13-2-1-6-20-9-13)7-5-15(17)22-19(25)14-3-4-16-18(8-14)26-12-21-16/h1-4,6,8-9,12,15,17,24H,5,7,10-11H2,(H,22,25)/t15-,17-/m0/s1. The number of amides is 1. The van der Waals surface area contributed by atoms with E-state index in [1.165, 1.54) is 11.3 Å². The zero-order chi connectivity index (χ0) is 17.9. The molecule has 2 N–H and O–H groups in total. The number of β-amino-alcohol motifs (C(OH)–C–C–N with tert-alkyl or cyclic N) is 1. The minimum Gasteiger partial charge on any atom is -0.390 e. The van der Waals surface area contributed by atoms with Crippen molar-refractivity contribution in [3.05, 3.63) is 59.4 Å². The van der Waals surface area contributed by atoms with Gasteiger partial charge >= 0.3 is 0 Å². The van der Waals surface area contributed by atoms with Crippen molar-refractivity contribution in [3.8, 4) is 0 Å². The van der Waals surface area contributed by atoms with E-state index in [1.807, 2.05) is 30.5 Å². The van der Waals surface area contributed by atoms with Crippen LogP contribution in [-0.4, -0.2) is 51.1 Å². The molecule has 0 aliphatic carbocycles. The van der Waals surface area contributed by atoms with Gasteiger partial charge < -0.3 is 10.4 Å². The number of fused-ring (bicyclic) bond motifs is 1. The lowest BCUT2D eigenvalue weighted by atomic mass is 10.0. The van der Waals surface area contributed by atoms with Crippen molar-refractivity contribution in [3.63, 3.8) is 0 Å². The van der Waals surface area contributed by atoms with E-state index in [2.05, 4.69) is 20.2 Å². The van der Waals surface area contributed by atoms with E-state index >= 15 is 0 Å². The van der Waals surface area contributed by atoms with Gasteiger partial charge in [-0.15, -0.1) is 11.3 Å². The quantitative estimate of drug-likeness (QED) is 0.737. The van der Waals surface area contributed by atoms with Crippen LogP contribution in [0.25, 0.3) is 10.2 Å². The Morgan fingerprint density at radius 1 is 1.38 bits per heavy atom. The molecule has 0 saturated carbocycles. The molecule has 0 radical (unpaired) electrons. The number of nitrogens with zero attached hydrogens (tertiary/aromatic N) is 3. The number of nitrogens with one attached hydrogen (secondary N) is 1. The number of aliphatic hydroxyl groups excluding tert-OH is 1.